The minimum Gasteiger partial charge on any atom is -0.483 e. The molecule has 1 rings (SSSR count). The van der Waals surface area contributed by atoms with Crippen LogP contribution in [0.1, 0.15) is 10.4 Å². The smallest absolute Gasteiger partial charge is 0.290 e. The number of hydrogen-bond donors (Lipinski definition) is 1. The van der Waals surface area contributed by atoms with Crippen LogP contribution in [0.2, 0.25) is 5.15 Å². The minimum absolute atomic E-state index is 0.250. The Morgan fingerprint density at radius 2 is 2.08 bits per heavy atom. The van der Waals surface area contributed by atoms with Crippen LogP contribution < -0.4 is 0 Å². The Morgan fingerprint density at radius 3 is 2.42 bits per heavy atom. The minimum atomic E-state index is -0.250. The molecular formula is C7H6ClNO3. The molecule has 0 spiro atoms. The van der Waals surface area contributed by atoms with Crippen molar-refractivity contribution in [3.63, 3.8) is 0 Å². The SMILES string of the molecule is O=CO.O=Cc1cccnc1Cl. The van der Waals surface area contributed by atoms with Gasteiger partial charge in [-0.2, -0.15) is 0 Å². The first-order chi connectivity index (χ1) is 5.76. The van der Waals surface area contributed by atoms with Crippen molar-refractivity contribution in [3.05, 3.63) is 29.0 Å². The third kappa shape index (κ3) is 3.68. The maximum absolute atomic E-state index is 10.1. The molecule has 64 valence electrons. The molecule has 0 unspecified atom stereocenters. The Kier molecular flexibility index (Phi) is 5.55. The monoisotopic (exact) mass is 187 g/mol. The molecule has 0 aliphatic carbocycles. The third-order valence-electron chi connectivity index (χ3n) is 0.915. The zero-order chi connectivity index (χ0) is 9.40. The second kappa shape index (κ2) is 6.30. The normalized spacial score (nSPS) is 7.75. The lowest BCUT2D eigenvalue weighted by Gasteiger charge is -1.89. The Bertz CT molecular complexity index is 265. The Balaban J connectivity index is 0.000000354. The van der Waals surface area contributed by atoms with Gasteiger partial charge in [0, 0.05) is 6.20 Å². The lowest BCUT2D eigenvalue weighted by Crippen LogP contribution is -1.82. The van der Waals surface area contributed by atoms with Crippen molar-refractivity contribution < 1.29 is 14.7 Å². The summed E-state index contributed by atoms with van der Waals surface area (Å²) in [5.74, 6) is 0. The van der Waals surface area contributed by atoms with Gasteiger partial charge in [0.25, 0.3) is 6.47 Å². The van der Waals surface area contributed by atoms with E-state index in [2.05, 4.69) is 4.98 Å². The van der Waals surface area contributed by atoms with E-state index in [1.165, 1.54) is 6.20 Å². The van der Waals surface area contributed by atoms with Crippen LogP contribution in [0.25, 0.3) is 0 Å². The summed E-state index contributed by atoms with van der Waals surface area (Å²) in [5, 5.41) is 7.15. The zero-order valence-electron chi connectivity index (χ0n) is 5.98. The summed E-state index contributed by atoms with van der Waals surface area (Å²) in [6.07, 6.45) is 2.21. The van der Waals surface area contributed by atoms with E-state index in [0.717, 1.165) is 0 Å². The van der Waals surface area contributed by atoms with Gasteiger partial charge < -0.3 is 5.11 Å². The van der Waals surface area contributed by atoms with Gasteiger partial charge >= 0.3 is 0 Å². The van der Waals surface area contributed by atoms with Gasteiger partial charge in [0.05, 0.1) is 5.56 Å². The number of carbonyl (C=O) groups excluding carboxylic acids is 1. The molecule has 0 radical (unpaired) electrons. The fraction of sp³-hybridized carbons (Fsp3) is 0. The standard InChI is InChI=1S/C6H4ClNO.CH2O2/c7-6-5(4-9)2-1-3-8-6;2-1-3/h1-4H;1H,(H,2,3). The highest BCUT2D eigenvalue weighted by Gasteiger charge is 1.94. The summed E-state index contributed by atoms with van der Waals surface area (Å²) in [6, 6.07) is 3.28. The van der Waals surface area contributed by atoms with Gasteiger partial charge in [0.15, 0.2) is 6.29 Å². The van der Waals surface area contributed by atoms with Gasteiger partial charge in [0.2, 0.25) is 0 Å². The molecule has 0 saturated carbocycles. The molecular weight excluding hydrogens is 182 g/mol. The highest BCUT2D eigenvalue weighted by molar-refractivity contribution is 6.31. The topological polar surface area (TPSA) is 67.3 Å². The maximum atomic E-state index is 10.1. The van der Waals surface area contributed by atoms with Crippen LogP contribution in [0.4, 0.5) is 0 Å². The summed E-state index contributed by atoms with van der Waals surface area (Å²) in [4.78, 5) is 22.1. The fourth-order valence-corrected chi connectivity index (χ4v) is 0.650. The Hall–Kier alpha value is -1.42. The van der Waals surface area contributed by atoms with E-state index in [0.29, 0.717) is 11.8 Å². The highest BCUT2D eigenvalue weighted by atomic mass is 35.5. The van der Waals surface area contributed by atoms with Crippen molar-refractivity contribution in [3.8, 4) is 0 Å². The van der Waals surface area contributed by atoms with Crippen molar-refractivity contribution in [2.45, 2.75) is 0 Å². The summed E-state index contributed by atoms with van der Waals surface area (Å²) in [7, 11) is 0. The van der Waals surface area contributed by atoms with Gasteiger partial charge in [-0.3, -0.25) is 9.59 Å². The molecule has 4 nitrogen and oxygen atoms in total. The van der Waals surface area contributed by atoms with Crippen LogP contribution in [0, 0.1) is 0 Å². The van der Waals surface area contributed by atoms with E-state index >= 15 is 0 Å². The number of aldehydes is 1. The molecule has 0 aromatic carbocycles. The number of carboxylic acid groups (broad SMARTS) is 1. The summed E-state index contributed by atoms with van der Waals surface area (Å²) < 4.78 is 0. The van der Waals surface area contributed by atoms with Crippen LogP contribution in [-0.2, 0) is 4.79 Å². The molecule has 0 saturated heterocycles. The first-order valence-corrected chi connectivity index (χ1v) is 3.27. The summed E-state index contributed by atoms with van der Waals surface area (Å²) in [6.45, 7) is -0.250. The first-order valence-electron chi connectivity index (χ1n) is 2.89. The summed E-state index contributed by atoms with van der Waals surface area (Å²) in [5.41, 5.74) is 0.430. The second-order valence-corrected chi connectivity index (χ2v) is 1.96. The van der Waals surface area contributed by atoms with Crippen molar-refractivity contribution in [1.82, 2.24) is 4.98 Å². The van der Waals surface area contributed by atoms with E-state index in [1.54, 1.807) is 12.1 Å². The van der Waals surface area contributed by atoms with E-state index in [-0.39, 0.29) is 11.6 Å². The molecule has 1 N–H and O–H groups in total. The van der Waals surface area contributed by atoms with Crippen molar-refractivity contribution in [1.29, 1.82) is 0 Å². The number of pyridine rings is 1. The van der Waals surface area contributed by atoms with Gasteiger partial charge in [0.1, 0.15) is 5.15 Å². The molecule has 0 aliphatic rings. The number of carbonyl (C=O) groups is 2. The fourth-order valence-electron chi connectivity index (χ4n) is 0.486. The van der Waals surface area contributed by atoms with Crippen molar-refractivity contribution in [2.24, 2.45) is 0 Å². The van der Waals surface area contributed by atoms with Crippen LogP contribution in [-0.4, -0.2) is 22.8 Å². The van der Waals surface area contributed by atoms with Gasteiger partial charge in [-0.05, 0) is 12.1 Å². The maximum Gasteiger partial charge on any atom is 0.290 e. The zero-order valence-corrected chi connectivity index (χ0v) is 6.73. The van der Waals surface area contributed by atoms with E-state index in [9.17, 15) is 4.79 Å². The molecule has 0 aliphatic heterocycles. The molecule has 0 atom stereocenters. The lowest BCUT2D eigenvalue weighted by molar-refractivity contribution is -0.122. The molecule has 1 aromatic heterocycles. The molecule has 0 bridgehead atoms. The molecule has 1 heterocycles. The average Bonchev–Trinajstić information content (AvgIpc) is 2.07. The van der Waals surface area contributed by atoms with Crippen LogP contribution in [0.5, 0.6) is 0 Å². The molecule has 12 heavy (non-hydrogen) atoms. The van der Waals surface area contributed by atoms with Crippen LogP contribution in [0.15, 0.2) is 18.3 Å². The van der Waals surface area contributed by atoms with E-state index in [1.807, 2.05) is 0 Å². The summed E-state index contributed by atoms with van der Waals surface area (Å²) >= 11 is 5.48. The average molecular weight is 188 g/mol. The Morgan fingerprint density at radius 1 is 1.50 bits per heavy atom. The van der Waals surface area contributed by atoms with E-state index < -0.39 is 0 Å². The predicted octanol–water partition coefficient (Wildman–Crippen LogP) is 1.25. The van der Waals surface area contributed by atoms with Crippen LogP contribution >= 0.6 is 11.6 Å². The largest absolute Gasteiger partial charge is 0.483 e. The third-order valence-corrected chi connectivity index (χ3v) is 1.23. The molecule has 0 fully saturated rings. The first kappa shape index (κ1) is 10.6. The lowest BCUT2D eigenvalue weighted by atomic mass is 10.3. The number of nitrogens with zero attached hydrogens (tertiary/aromatic N) is 1. The van der Waals surface area contributed by atoms with Crippen molar-refractivity contribution >= 4 is 24.4 Å². The second-order valence-electron chi connectivity index (χ2n) is 1.61. The molecule has 0 amide bonds. The highest BCUT2D eigenvalue weighted by Crippen LogP contribution is 2.07. The number of aromatic nitrogens is 1. The molecule has 5 heteroatoms. The van der Waals surface area contributed by atoms with E-state index in [4.69, 9.17) is 21.5 Å². The number of halogens is 1. The quantitative estimate of drug-likeness (QED) is 0.531. The molecule has 1 aromatic rings. The van der Waals surface area contributed by atoms with Gasteiger partial charge in [-0.15, -0.1) is 0 Å². The van der Waals surface area contributed by atoms with Crippen molar-refractivity contribution in [2.75, 3.05) is 0 Å². The van der Waals surface area contributed by atoms with Gasteiger partial charge in [-0.25, -0.2) is 4.98 Å². The predicted molar refractivity (Wildman–Crippen MR) is 43.3 cm³/mol. The number of rotatable bonds is 1. The van der Waals surface area contributed by atoms with Crippen LogP contribution in [0.3, 0.4) is 0 Å². The van der Waals surface area contributed by atoms with Gasteiger partial charge in [-0.1, -0.05) is 11.6 Å². The number of hydrogen-bond acceptors (Lipinski definition) is 3. The Labute approximate surface area is 73.8 Å².